The summed E-state index contributed by atoms with van der Waals surface area (Å²) in [6.07, 6.45) is 5.23. The number of aliphatic carboxylic acids is 1. The maximum atomic E-state index is 11.3. The van der Waals surface area contributed by atoms with Crippen LogP contribution in [0.5, 0.6) is 11.9 Å². The second-order valence-corrected chi connectivity index (χ2v) is 17.5. The fourth-order valence-corrected chi connectivity index (χ4v) is 4.39. The summed E-state index contributed by atoms with van der Waals surface area (Å²) in [6.45, 7) is 17.3. The molecule has 0 aliphatic carbocycles. The molecule has 0 saturated heterocycles. The number of aromatic nitrogens is 5. The quantitative estimate of drug-likeness (QED) is 0.171. The van der Waals surface area contributed by atoms with Gasteiger partial charge in [-0.1, -0.05) is 33.5 Å². The molecule has 0 aliphatic heterocycles. The highest BCUT2D eigenvalue weighted by atomic mass is 28.3. The van der Waals surface area contributed by atoms with Gasteiger partial charge in [0.15, 0.2) is 5.82 Å². The van der Waals surface area contributed by atoms with Crippen molar-refractivity contribution in [3.8, 4) is 34.5 Å². The van der Waals surface area contributed by atoms with Crippen LogP contribution >= 0.6 is 0 Å². The first kappa shape index (κ1) is 31.2. The van der Waals surface area contributed by atoms with E-state index >= 15 is 0 Å². The zero-order valence-corrected chi connectivity index (χ0v) is 26.0. The Labute approximate surface area is 238 Å². The first-order chi connectivity index (χ1) is 18.8. The molecule has 0 spiro atoms. The number of aryl methyl sites for hydroxylation is 1. The highest BCUT2D eigenvalue weighted by Crippen LogP contribution is 2.27. The number of hydrogen-bond donors (Lipinski definition) is 1. The molecule has 0 radical (unpaired) electrons. The van der Waals surface area contributed by atoms with E-state index in [2.05, 4.69) is 53.5 Å². The molecule has 218 valence electrons. The van der Waals surface area contributed by atoms with Crippen LogP contribution < -0.4 is 9.47 Å². The maximum absolute atomic E-state index is 11.3. The Morgan fingerprint density at radius 3 is 2.42 bits per heavy atom. The molecule has 3 rings (SSSR count). The van der Waals surface area contributed by atoms with Crippen molar-refractivity contribution in [2.45, 2.75) is 86.0 Å². The van der Waals surface area contributed by atoms with E-state index in [1.165, 1.54) is 0 Å². The lowest BCUT2D eigenvalue weighted by molar-refractivity contribution is -0.148. The predicted octanol–water partition coefficient (Wildman–Crippen LogP) is 6.08. The molecule has 0 fully saturated rings. The van der Waals surface area contributed by atoms with E-state index in [4.69, 9.17) is 14.2 Å². The Morgan fingerprint density at radius 1 is 1.12 bits per heavy atom. The molecule has 3 aromatic heterocycles. The smallest absolute Gasteiger partial charge is 0.317 e. The molecule has 3 aromatic rings. The fraction of sp³-hybridized carbons (Fsp3) is 0.552. The Hall–Kier alpha value is -3.31. The van der Waals surface area contributed by atoms with Gasteiger partial charge in [0, 0.05) is 44.3 Å². The van der Waals surface area contributed by atoms with Gasteiger partial charge in [0.2, 0.25) is 5.88 Å². The van der Waals surface area contributed by atoms with Crippen molar-refractivity contribution < 1.29 is 24.1 Å². The monoisotopic (exact) mass is 569 g/mol. The molecule has 1 N–H and O–H groups in total. The maximum Gasteiger partial charge on any atom is 0.317 e. The van der Waals surface area contributed by atoms with Crippen LogP contribution in [0.2, 0.25) is 25.7 Å². The molecule has 0 bridgehead atoms. The third kappa shape index (κ3) is 8.59. The van der Waals surface area contributed by atoms with Gasteiger partial charge in [0.25, 0.3) is 0 Å². The van der Waals surface area contributed by atoms with Gasteiger partial charge in [-0.05, 0) is 57.4 Å². The Morgan fingerprint density at radius 2 is 1.85 bits per heavy atom. The average molecular weight is 570 g/mol. The third-order valence-corrected chi connectivity index (χ3v) is 8.28. The van der Waals surface area contributed by atoms with E-state index in [-0.39, 0.29) is 19.4 Å². The summed E-state index contributed by atoms with van der Waals surface area (Å²) in [4.78, 5) is 25.0. The molecule has 0 atom stereocenters. The number of carbonyl (C=O) groups is 1. The van der Waals surface area contributed by atoms with Crippen LogP contribution in [0.3, 0.4) is 0 Å². The number of nitrogens with zero attached hydrogens (tertiary/aromatic N) is 5. The van der Waals surface area contributed by atoms with Crippen LogP contribution in [0.25, 0.3) is 22.6 Å². The largest absolute Gasteiger partial charge is 0.481 e. The first-order valence-electron chi connectivity index (χ1n) is 13.8. The third-order valence-electron chi connectivity index (χ3n) is 6.57. The van der Waals surface area contributed by atoms with Crippen molar-refractivity contribution >= 4 is 14.0 Å². The van der Waals surface area contributed by atoms with Gasteiger partial charge in [0.1, 0.15) is 19.4 Å². The molecule has 11 heteroatoms. The van der Waals surface area contributed by atoms with E-state index in [0.717, 1.165) is 41.3 Å². The van der Waals surface area contributed by atoms with Crippen LogP contribution in [0.1, 0.15) is 46.1 Å². The summed E-state index contributed by atoms with van der Waals surface area (Å²) in [5.41, 5.74) is 2.26. The average Bonchev–Trinajstić information content (AvgIpc) is 3.30. The predicted molar refractivity (Wildman–Crippen MR) is 157 cm³/mol. The molecule has 0 aliphatic rings. The highest BCUT2D eigenvalue weighted by Gasteiger charge is 2.28. The van der Waals surface area contributed by atoms with Crippen LogP contribution in [0.15, 0.2) is 30.6 Å². The second-order valence-electron chi connectivity index (χ2n) is 11.9. The van der Waals surface area contributed by atoms with E-state index < -0.39 is 19.5 Å². The minimum Gasteiger partial charge on any atom is -0.481 e. The minimum atomic E-state index is -1.19. The molecular formula is C29H43N5O5Si. The number of pyridine rings is 2. The highest BCUT2D eigenvalue weighted by molar-refractivity contribution is 6.76. The summed E-state index contributed by atoms with van der Waals surface area (Å²) in [7, 11) is -1.19. The summed E-state index contributed by atoms with van der Waals surface area (Å²) in [6, 6.07) is 7.14. The van der Waals surface area contributed by atoms with Crippen LogP contribution in [-0.4, -0.2) is 63.2 Å². The topological polar surface area (TPSA) is 121 Å². The van der Waals surface area contributed by atoms with Gasteiger partial charge in [-0.25, -0.2) is 4.98 Å². The van der Waals surface area contributed by atoms with Gasteiger partial charge >= 0.3 is 12.0 Å². The Balaban J connectivity index is 1.77. The van der Waals surface area contributed by atoms with Crippen molar-refractivity contribution in [3.63, 3.8) is 0 Å². The van der Waals surface area contributed by atoms with Crippen molar-refractivity contribution in [2.75, 3.05) is 13.2 Å². The normalized spacial score (nSPS) is 12.1. The Kier molecular flexibility index (Phi) is 10.4. The molecule has 0 unspecified atom stereocenters. The van der Waals surface area contributed by atoms with Crippen molar-refractivity contribution in [3.05, 3.63) is 36.2 Å². The molecule has 10 nitrogen and oxygen atoms in total. The van der Waals surface area contributed by atoms with Crippen molar-refractivity contribution in [1.29, 1.82) is 0 Å². The van der Waals surface area contributed by atoms with Crippen LogP contribution in [-0.2, 0) is 16.3 Å². The lowest BCUT2D eigenvalue weighted by Gasteiger charge is -2.19. The fourth-order valence-electron chi connectivity index (χ4n) is 3.63. The van der Waals surface area contributed by atoms with E-state index in [1.807, 2.05) is 19.1 Å². The number of carboxylic acid groups (broad SMARTS) is 1. The van der Waals surface area contributed by atoms with Gasteiger partial charge in [-0.2, -0.15) is 9.67 Å². The number of rotatable bonds is 15. The van der Waals surface area contributed by atoms with Crippen LogP contribution in [0.4, 0.5) is 0 Å². The molecular weight excluding hydrogens is 526 g/mol. The van der Waals surface area contributed by atoms with Crippen molar-refractivity contribution in [1.82, 2.24) is 24.7 Å². The summed E-state index contributed by atoms with van der Waals surface area (Å²) < 4.78 is 19.4. The summed E-state index contributed by atoms with van der Waals surface area (Å²) >= 11 is 0. The number of hydrogen-bond acceptors (Lipinski definition) is 8. The van der Waals surface area contributed by atoms with Gasteiger partial charge in [-0.3, -0.25) is 9.78 Å². The van der Waals surface area contributed by atoms with E-state index in [1.54, 1.807) is 37.0 Å². The molecule has 0 amide bonds. The lowest BCUT2D eigenvalue weighted by Crippen LogP contribution is -2.30. The Bertz CT molecular complexity index is 1270. The minimum absolute atomic E-state index is 0.0209. The number of carboxylic acids is 1. The molecule has 40 heavy (non-hydrogen) atoms. The first-order valence-corrected chi connectivity index (χ1v) is 17.5. The van der Waals surface area contributed by atoms with Gasteiger partial charge < -0.3 is 19.3 Å². The van der Waals surface area contributed by atoms with Crippen LogP contribution in [0, 0.1) is 12.3 Å². The zero-order chi connectivity index (χ0) is 29.5. The molecule has 0 saturated carbocycles. The van der Waals surface area contributed by atoms with E-state index in [9.17, 15) is 9.90 Å². The SMILES string of the molecule is CCC(CC)Oc1nc(-c2ccc(-c3cnc(OCC(C)(C)C(=O)O)cc3C)nc2)nn1COCC[Si](C)(C)C. The van der Waals surface area contributed by atoms with E-state index in [0.29, 0.717) is 24.3 Å². The standard InChI is InChI=1S/C29H43N5O5Si/c1-9-22(10-2)39-28-32-26(33-34(28)19-37-13-14-40(6,7)8)21-11-12-24(30-16-21)23-17-31-25(15-20(23)3)38-18-29(4,5)27(35)36/h11-12,15-17,22H,9-10,13-14,18-19H2,1-8H3,(H,35,36). The van der Waals surface area contributed by atoms with Crippen molar-refractivity contribution in [2.24, 2.45) is 5.41 Å². The zero-order valence-electron chi connectivity index (χ0n) is 25.0. The molecule has 3 heterocycles. The van der Waals surface area contributed by atoms with Gasteiger partial charge in [0.05, 0.1) is 11.1 Å². The number of ether oxygens (including phenoxy) is 3. The lowest BCUT2D eigenvalue weighted by atomic mass is 9.95. The second kappa shape index (κ2) is 13.4. The summed E-state index contributed by atoms with van der Waals surface area (Å²) in [5.74, 6) is -0.0272. The molecule has 0 aromatic carbocycles. The van der Waals surface area contributed by atoms with Gasteiger partial charge in [-0.15, -0.1) is 5.10 Å². The summed E-state index contributed by atoms with van der Waals surface area (Å²) in [5, 5.41) is 14.0.